The van der Waals surface area contributed by atoms with Crippen molar-refractivity contribution in [2.75, 3.05) is 13.1 Å². The molecule has 108 valence electrons. The van der Waals surface area contributed by atoms with Crippen LogP contribution in [0, 0.1) is 12.3 Å². The third-order valence-electron chi connectivity index (χ3n) is 3.83. The molecule has 2 heterocycles. The Balaban J connectivity index is 2.31. The Labute approximate surface area is 114 Å². The number of rotatable bonds is 3. The zero-order valence-electron chi connectivity index (χ0n) is 11.7. The first-order valence-electron chi connectivity index (χ1n) is 6.52. The smallest absolute Gasteiger partial charge is 0.246 e. The lowest BCUT2D eigenvalue weighted by atomic mass is 9.83. The van der Waals surface area contributed by atoms with Crippen molar-refractivity contribution in [2.45, 2.75) is 45.1 Å². The third kappa shape index (κ3) is 2.68. The first-order valence-corrected chi connectivity index (χ1v) is 7.96. The van der Waals surface area contributed by atoms with E-state index in [2.05, 4.69) is 24.0 Å². The van der Waals surface area contributed by atoms with Gasteiger partial charge in [0.25, 0.3) is 0 Å². The average molecular weight is 286 g/mol. The number of hydrogen-bond donors (Lipinski definition) is 2. The SMILES string of the molecule is Cc1[nH]nc(CN)c1S(=O)(=O)N1CCC(C)(C)CC1. The number of aromatic nitrogens is 2. The number of piperidine rings is 1. The lowest BCUT2D eigenvalue weighted by Crippen LogP contribution is -2.41. The van der Waals surface area contributed by atoms with Crippen LogP contribution in [0.3, 0.4) is 0 Å². The van der Waals surface area contributed by atoms with Crippen LogP contribution in [0.2, 0.25) is 0 Å². The predicted octanol–water partition coefficient (Wildman–Crippen LogP) is 0.988. The van der Waals surface area contributed by atoms with Gasteiger partial charge < -0.3 is 5.73 Å². The molecule has 0 spiro atoms. The Bertz CT molecular complexity index is 552. The van der Waals surface area contributed by atoms with Crippen molar-refractivity contribution in [2.24, 2.45) is 11.1 Å². The number of nitrogens with zero attached hydrogens (tertiary/aromatic N) is 2. The molecule has 0 unspecified atom stereocenters. The lowest BCUT2D eigenvalue weighted by molar-refractivity contribution is 0.195. The molecule has 6 nitrogen and oxygen atoms in total. The van der Waals surface area contributed by atoms with Gasteiger partial charge in [-0.05, 0) is 25.2 Å². The van der Waals surface area contributed by atoms with Crippen LogP contribution in [0.4, 0.5) is 0 Å². The van der Waals surface area contributed by atoms with Crippen LogP contribution < -0.4 is 5.73 Å². The van der Waals surface area contributed by atoms with Crippen LogP contribution in [0.5, 0.6) is 0 Å². The summed E-state index contributed by atoms with van der Waals surface area (Å²) >= 11 is 0. The van der Waals surface area contributed by atoms with Gasteiger partial charge in [-0.1, -0.05) is 13.8 Å². The fraction of sp³-hybridized carbons (Fsp3) is 0.750. The van der Waals surface area contributed by atoms with E-state index in [1.165, 1.54) is 0 Å². The van der Waals surface area contributed by atoms with Crippen LogP contribution in [0.1, 0.15) is 38.1 Å². The molecular formula is C12H22N4O2S. The summed E-state index contributed by atoms with van der Waals surface area (Å²) in [5, 5.41) is 6.68. The van der Waals surface area contributed by atoms with Crippen LogP contribution >= 0.6 is 0 Å². The van der Waals surface area contributed by atoms with Crippen molar-refractivity contribution < 1.29 is 8.42 Å². The summed E-state index contributed by atoms with van der Waals surface area (Å²) < 4.78 is 26.9. The number of H-pyrrole nitrogens is 1. The second-order valence-corrected chi connectivity index (χ2v) is 7.77. The van der Waals surface area contributed by atoms with Gasteiger partial charge in [-0.2, -0.15) is 9.40 Å². The van der Waals surface area contributed by atoms with E-state index >= 15 is 0 Å². The highest BCUT2D eigenvalue weighted by Crippen LogP contribution is 2.33. The number of hydrogen-bond acceptors (Lipinski definition) is 4. The fourth-order valence-electron chi connectivity index (χ4n) is 2.41. The van der Waals surface area contributed by atoms with Gasteiger partial charge in [0, 0.05) is 19.6 Å². The molecule has 1 aromatic rings. The summed E-state index contributed by atoms with van der Waals surface area (Å²) in [6.07, 6.45) is 1.75. The number of sulfonamides is 1. The fourth-order valence-corrected chi connectivity index (χ4v) is 4.19. The van der Waals surface area contributed by atoms with E-state index < -0.39 is 10.0 Å². The predicted molar refractivity (Wildman–Crippen MR) is 73.0 cm³/mol. The normalized spacial score (nSPS) is 20.6. The highest BCUT2D eigenvalue weighted by atomic mass is 32.2. The van der Waals surface area contributed by atoms with Gasteiger partial charge in [0.2, 0.25) is 10.0 Å². The van der Waals surface area contributed by atoms with Crippen LogP contribution in [-0.4, -0.2) is 36.0 Å². The van der Waals surface area contributed by atoms with Crippen LogP contribution in [0.25, 0.3) is 0 Å². The Kier molecular flexibility index (Phi) is 3.72. The van der Waals surface area contributed by atoms with E-state index in [9.17, 15) is 8.42 Å². The van der Waals surface area contributed by atoms with Gasteiger partial charge in [0.1, 0.15) is 4.90 Å². The van der Waals surface area contributed by atoms with Gasteiger partial charge in [-0.3, -0.25) is 5.10 Å². The molecule has 1 aliphatic heterocycles. The molecule has 0 radical (unpaired) electrons. The zero-order valence-corrected chi connectivity index (χ0v) is 12.5. The Morgan fingerprint density at radius 2 is 1.95 bits per heavy atom. The molecule has 7 heteroatoms. The lowest BCUT2D eigenvalue weighted by Gasteiger charge is -2.36. The molecule has 0 saturated carbocycles. The Morgan fingerprint density at radius 1 is 1.37 bits per heavy atom. The molecule has 0 aliphatic carbocycles. The molecule has 0 aromatic carbocycles. The maximum atomic E-state index is 12.7. The second-order valence-electron chi connectivity index (χ2n) is 5.90. The van der Waals surface area contributed by atoms with Gasteiger partial charge in [-0.25, -0.2) is 8.42 Å². The van der Waals surface area contributed by atoms with Crippen LogP contribution in [0.15, 0.2) is 4.90 Å². The highest BCUT2D eigenvalue weighted by molar-refractivity contribution is 7.89. The zero-order chi connectivity index (χ0) is 14.3. The van der Waals surface area contributed by atoms with E-state index in [-0.39, 0.29) is 16.9 Å². The number of aromatic amines is 1. The molecule has 0 atom stereocenters. The number of nitrogens with two attached hydrogens (primary N) is 1. The molecule has 1 aromatic heterocycles. The maximum Gasteiger partial charge on any atom is 0.246 e. The molecule has 0 amide bonds. The van der Waals surface area contributed by atoms with Crippen molar-refractivity contribution >= 4 is 10.0 Å². The van der Waals surface area contributed by atoms with Gasteiger partial charge in [-0.15, -0.1) is 0 Å². The van der Waals surface area contributed by atoms with Crippen LogP contribution in [-0.2, 0) is 16.6 Å². The minimum Gasteiger partial charge on any atom is -0.325 e. The summed E-state index contributed by atoms with van der Waals surface area (Å²) in [7, 11) is -3.48. The van der Waals surface area contributed by atoms with Gasteiger partial charge in [0.15, 0.2) is 0 Å². The highest BCUT2D eigenvalue weighted by Gasteiger charge is 2.35. The first kappa shape index (κ1) is 14.5. The quantitative estimate of drug-likeness (QED) is 0.866. The van der Waals surface area contributed by atoms with Crippen molar-refractivity contribution in [3.8, 4) is 0 Å². The summed E-state index contributed by atoms with van der Waals surface area (Å²) in [5.74, 6) is 0. The molecule has 0 bridgehead atoms. The van der Waals surface area contributed by atoms with E-state index in [1.807, 2.05) is 0 Å². The van der Waals surface area contributed by atoms with E-state index in [1.54, 1.807) is 11.2 Å². The summed E-state index contributed by atoms with van der Waals surface area (Å²) in [6.45, 7) is 7.30. The number of nitrogens with one attached hydrogen (secondary N) is 1. The molecule has 3 N–H and O–H groups in total. The molecule has 1 fully saturated rings. The summed E-state index contributed by atoms with van der Waals surface area (Å²) in [4.78, 5) is 0.259. The van der Waals surface area contributed by atoms with Gasteiger partial charge >= 0.3 is 0 Å². The van der Waals surface area contributed by atoms with Crippen molar-refractivity contribution in [3.63, 3.8) is 0 Å². The first-order chi connectivity index (χ1) is 8.78. The Hall–Kier alpha value is -0.920. The van der Waals surface area contributed by atoms with E-state index in [0.29, 0.717) is 24.5 Å². The summed E-state index contributed by atoms with van der Waals surface area (Å²) in [6, 6.07) is 0. The topological polar surface area (TPSA) is 92.1 Å². The third-order valence-corrected chi connectivity index (χ3v) is 5.93. The summed E-state index contributed by atoms with van der Waals surface area (Å²) in [5.41, 5.74) is 6.76. The monoisotopic (exact) mass is 286 g/mol. The van der Waals surface area contributed by atoms with Crippen molar-refractivity contribution in [3.05, 3.63) is 11.4 Å². The van der Waals surface area contributed by atoms with Gasteiger partial charge in [0.05, 0.1) is 11.4 Å². The molecule has 19 heavy (non-hydrogen) atoms. The van der Waals surface area contributed by atoms with Crippen molar-refractivity contribution in [1.82, 2.24) is 14.5 Å². The molecule has 1 saturated heterocycles. The average Bonchev–Trinajstić information content (AvgIpc) is 2.70. The molecular weight excluding hydrogens is 264 g/mol. The minimum absolute atomic E-state index is 0.123. The molecule has 1 aliphatic rings. The maximum absolute atomic E-state index is 12.7. The van der Waals surface area contributed by atoms with E-state index in [0.717, 1.165) is 12.8 Å². The Morgan fingerprint density at radius 3 is 2.47 bits per heavy atom. The standard InChI is InChI=1S/C12H22N4O2S/c1-9-11(10(8-13)15-14-9)19(17,18)16-6-4-12(2,3)5-7-16/h4-8,13H2,1-3H3,(H,14,15). The van der Waals surface area contributed by atoms with Crippen molar-refractivity contribution in [1.29, 1.82) is 0 Å². The van der Waals surface area contributed by atoms with E-state index in [4.69, 9.17) is 5.73 Å². The number of aryl methyl sites for hydroxylation is 1. The minimum atomic E-state index is -3.48. The largest absolute Gasteiger partial charge is 0.325 e. The molecule has 2 rings (SSSR count). The second kappa shape index (κ2) is 4.88.